The van der Waals surface area contributed by atoms with Crippen LogP contribution in [0.3, 0.4) is 0 Å². The Balaban J connectivity index is 0.00000180. The average Bonchev–Trinajstić information content (AvgIpc) is 2.45. The molecule has 2 rings (SSSR count). The van der Waals surface area contributed by atoms with Crippen molar-refractivity contribution in [1.82, 2.24) is 10.2 Å². The number of benzene rings is 1. The summed E-state index contributed by atoms with van der Waals surface area (Å²) in [6, 6.07) is 11.3. The molecule has 0 atom stereocenters. The summed E-state index contributed by atoms with van der Waals surface area (Å²) >= 11 is 0. The number of nitrogens with one attached hydrogen (secondary N) is 1. The van der Waals surface area contributed by atoms with Crippen molar-refractivity contribution in [3.8, 4) is 0 Å². The van der Waals surface area contributed by atoms with Crippen molar-refractivity contribution < 1.29 is 0 Å². The van der Waals surface area contributed by atoms with Gasteiger partial charge in [0.2, 0.25) is 0 Å². The molecule has 1 heterocycles. The molecule has 19 heavy (non-hydrogen) atoms. The highest BCUT2D eigenvalue weighted by atomic mass is 35.5. The van der Waals surface area contributed by atoms with Crippen molar-refractivity contribution in [3.05, 3.63) is 42.0 Å². The van der Waals surface area contributed by atoms with Gasteiger partial charge in [0.05, 0.1) is 0 Å². The van der Waals surface area contributed by atoms with Crippen LogP contribution in [-0.2, 0) is 0 Å². The Hall–Kier alpha value is -0.830. The molecule has 0 unspecified atom stereocenters. The van der Waals surface area contributed by atoms with Gasteiger partial charge in [0.25, 0.3) is 0 Å². The minimum atomic E-state index is 0. The number of hydrogen-bond donors (Lipinski definition) is 1. The monoisotopic (exact) mass is 280 g/mol. The maximum atomic E-state index is 3.37. The molecule has 0 aromatic heterocycles. The van der Waals surface area contributed by atoms with E-state index in [4.69, 9.17) is 0 Å². The van der Waals surface area contributed by atoms with E-state index < -0.39 is 0 Å². The lowest BCUT2D eigenvalue weighted by molar-refractivity contribution is 0.205. The van der Waals surface area contributed by atoms with Gasteiger partial charge in [0.15, 0.2) is 0 Å². The molecule has 0 radical (unpaired) electrons. The average molecular weight is 281 g/mol. The van der Waals surface area contributed by atoms with E-state index in [0.29, 0.717) is 0 Å². The number of hydrogen-bond acceptors (Lipinski definition) is 2. The third-order valence-corrected chi connectivity index (χ3v) is 3.72. The summed E-state index contributed by atoms with van der Waals surface area (Å²) in [5, 5.41) is 3.37. The quantitative estimate of drug-likeness (QED) is 0.891. The Bertz CT molecular complexity index is 356. The molecule has 1 fully saturated rings. The van der Waals surface area contributed by atoms with Crippen molar-refractivity contribution in [2.45, 2.75) is 25.3 Å². The van der Waals surface area contributed by atoms with Gasteiger partial charge in [-0.2, -0.15) is 0 Å². The maximum absolute atomic E-state index is 3.37. The lowest BCUT2D eigenvalue weighted by atomic mass is 10.1. The van der Waals surface area contributed by atoms with Gasteiger partial charge in [-0.15, -0.1) is 12.4 Å². The van der Waals surface area contributed by atoms with Crippen LogP contribution in [0.15, 0.2) is 36.4 Å². The van der Waals surface area contributed by atoms with Crippen molar-refractivity contribution >= 4 is 18.5 Å². The zero-order chi connectivity index (χ0) is 12.6. The van der Waals surface area contributed by atoms with Crippen LogP contribution in [0.4, 0.5) is 0 Å². The standard InChI is InChI=1S/C16H24N2.ClH/c1-17-16-10-13-18(14-11-16)12-6-5-9-15-7-3-2-4-8-15;/h2-5,7-9,16-17H,6,10-14H2,1H3;1H. The normalized spacial score (nSPS) is 17.5. The summed E-state index contributed by atoms with van der Waals surface area (Å²) in [6.45, 7) is 3.68. The Morgan fingerprint density at radius 1 is 1.21 bits per heavy atom. The van der Waals surface area contributed by atoms with Crippen molar-refractivity contribution in [3.63, 3.8) is 0 Å². The van der Waals surface area contributed by atoms with Crippen molar-refractivity contribution in [2.24, 2.45) is 0 Å². The van der Waals surface area contributed by atoms with E-state index in [1.54, 1.807) is 0 Å². The van der Waals surface area contributed by atoms with Crippen LogP contribution in [0.2, 0.25) is 0 Å². The van der Waals surface area contributed by atoms with E-state index in [2.05, 4.69) is 59.7 Å². The third-order valence-electron chi connectivity index (χ3n) is 3.72. The minimum Gasteiger partial charge on any atom is -0.317 e. The number of nitrogens with zero attached hydrogens (tertiary/aromatic N) is 1. The van der Waals surface area contributed by atoms with Gasteiger partial charge in [-0.3, -0.25) is 0 Å². The fraction of sp³-hybridized carbons (Fsp3) is 0.500. The summed E-state index contributed by atoms with van der Waals surface area (Å²) in [7, 11) is 2.07. The summed E-state index contributed by atoms with van der Waals surface area (Å²) in [4.78, 5) is 2.57. The molecule has 1 aliphatic heterocycles. The molecule has 1 aliphatic rings. The zero-order valence-electron chi connectivity index (χ0n) is 11.7. The molecule has 0 amide bonds. The SMILES string of the molecule is CNC1CCN(CCC=Cc2ccccc2)CC1.Cl. The van der Waals surface area contributed by atoms with E-state index >= 15 is 0 Å². The van der Waals surface area contributed by atoms with Crippen LogP contribution in [0.1, 0.15) is 24.8 Å². The molecule has 0 spiro atoms. The van der Waals surface area contributed by atoms with E-state index in [0.717, 1.165) is 12.5 Å². The fourth-order valence-electron chi connectivity index (χ4n) is 2.49. The first kappa shape index (κ1) is 16.2. The van der Waals surface area contributed by atoms with E-state index in [9.17, 15) is 0 Å². The Morgan fingerprint density at radius 3 is 2.53 bits per heavy atom. The number of likely N-dealkylation sites (tertiary alicyclic amines) is 1. The predicted octanol–water partition coefficient (Wildman–Crippen LogP) is 3.20. The van der Waals surface area contributed by atoms with Gasteiger partial charge >= 0.3 is 0 Å². The Kier molecular flexibility index (Phi) is 7.80. The van der Waals surface area contributed by atoms with E-state index in [1.807, 2.05) is 0 Å². The minimum absolute atomic E-state index is 0. The van der Waals surface area contributed by atoms with Gasteiger partial charge in [0, 0.05) is 12.6 Å². The van der Waals surface area contributed by atoms with Gasteiger partial charge in [-0.25, -0.2) is 0 Å². The maximum Gasteiger partial charge on any atom is 0.00884 e. The Labute approximate surface area is 123 Å². The van der Waals surface area contributed by atoms with Gasteiger partial charge in [-0.05, 0) is 45.0 Å². The number of halogens is 1. The highest BCUT2D eigenvalue weighted by Gasteiger charge is 2.16. The van der Waals surface area contributed by atoms with Gasteiger partial charge in [0.1, 0.15) is 0 Å². The van der Waals surface area contributed by atoms with E-state index in [-0.39, 0.29) is 12.4 Å². The van der Waals surface area contributed by atoms with Crippen LogP contribution >= 0.6 is 12.4 Å². The molecule has 1 aromatic carbocycles. The molecule has 1 N–H and O–H groups in total. The first-order valence-electron chi connectivity index (χ1n) is 6.99. The fourth-order valence-corrected chi connectivity index (χ4v) is 2.49. The second-order valence-corrected chi connectivity index (χ2v) is 5.01. The highest BCUT2D eigenvalue weighted by Crippen LogP contribution is 2.10. The van der Waals surface area contributed by atoms with Gasteiger partial charge < -0.3 is 10.2 Å². The number of piperidine rings is 1. The van der Waals surface area contributed by atoms with Crippen LogP contribution in [0.5, 0.6) is 0 Å². The molecular formula is C16H25ClN2. The summed E-state index contributed by atoms with van der Waals surface area (Å²) < 4.78 is 0. The smallest absolute Gasteiger partial charge is 0.00884 e. The molecule has 0 saturated carbocycles. The van der Waals surface area contributed by atoms with Crippen LogP contribution < -0.4 is 5.32 Å². The topological polar surface area (TPSA) is 15.3 Å². The van der Waals surface area contributed by atoms with Crippen molar-refractivity contribution in [1.29, 1.82) is 0 Å². The third kappa shape index (κ3) is 5.77. The molecule has 0 aliphatic carbocycles. The molecule has 106 valence electrons. The molecule has 1 aromatic rings. The summed E-state index contributed by atoms with van der Waals surface area (Å²) in [5.41, 5.74) is 1.30. The first-order chi connectivity index (χ1) is 8.88. The van der Waals surface area contributed by atoms with Crippen LogP contribution in [0, 0.1) is 0 Å². The largest absolute Gasteiger partial charge is 0.317 e. The number of rotatable bonds is 5. The lowest BCUT2D eigenvalue weighted by Gasteiger charge is -2.31. The first-order valence-corrected chi connectivity index (χ1v) is 6.99. The Morgan fingerprint density at radius 2 is 1.89 bits per heavy atom. The summed E-state index contributed by atoms with van der Waals surface area (Å²) in [5.74, 6) is 0. The highest BCUT2D eigenvalue weighted by molar-refractivity contribution is 5.85. The molecule has 1 saturated heterocycles. The van der Waals surface area contributed by atoms with Crippen molar-refractivity contribution in [2.75, 3.05) is 26.7 Å². The molecular weight excluding hydrogens is 256 g/mol. The van der Waals surface area contributed by atoms with Gasteiger partial charge in [-0.1, -0.05) is 42.5 Å². The molecule has 0 bridgehead atoms. The summed E-state index contributed by atoms with van der Waals surface area (Å²) in [6.07, 6.45) is 8.25. The molecule has 3 heteroatoms. The predicted molar refractivity (Wildman–Crippen MR) is 85.9 cm³/mol. The second-order valence-electron chi connectivity index (χ2n) is 5.01. The van der Waals surface area contributed by atoms with Crippen LogP contribution in [-0.4, -0.2) is 37.6 Å². The molecule has 2 nitrogen and oxygen atoms in total. The van der Waals surface area contributed by atoms with E-state index in [1.165, 1.54) is 38.0 Å². The zero-order valence-corrected chi connectivity index (χ0v) is 12.5. The second kappa shape index (κ2) is 9.13. The van der Waals surface area contributed by atoms with Crippen LogP contribution in [0.25, 0.3) is 6.08 Å². The lowest BCUT2D eigenvalue weighted by Crippen LogP contribution is -2.41.